The van der Waals surface area contributed by atoms with Crippen molar-refractivity contribution in [3.8, 4) is 5.69 Å². The SMILES string of the molecule is CCN(CC(O)(CNc1cccc2c1cnn2-c1ccc(F)cc1)C(F)(F)F)c1cc(F)ccc1F. The molecule has 0 spiro atoms. The number of fused-ring (bicyclic) bond motifs is 1. The highest BCUT2D eigenvalue weighted by atomic mass is 19.4. The fourth-order valence-corrected chi connectivity index (χ4v) is 3.89. The summed E-state index contributed by atoms with van der Waals surface area (Å²) < 4.78 is 84.8. The molecular formula is C25H22F6N4O. The molecule has 0 aliphatic carbocycles. The summed E-state index contributed by atoms with van der Waals surface area (Å²) in [5.41, 5.74) is -2.34. The predicted molar refractivity (Wildman–Crippen MR) is 125 cm³/mol. The Labute approximate surface area is 202 Å². The second-order valence-electron chi connectivity index (χ2n) is 8.26. The van der Waals surface area contributed by atoms with E-state index in [1.807, 2.05) is 0 Å². The Bertz CT molecular complexity index is 1360. The largest absolute Gasteiger partial charge is 0.420 e. The van der Waals surface area contributed by atoms with Gasteiger partial charge in [-0.1, -0.05) is 6.07 Å². The van der Waals surface area contributed by atoms with Crippen molar-refractivity contribution in [3.63, 3.8) is 0 Å². The van der Waals surface area contributed by atoms with E-state index in [2.05, 4.69) is 10.4 Å². The first-order valence-corrected chi connectivity index (χ1v) is 11.0. The van der Waals surface area contributed by atoms with Crippen LogP contribution in [-0.4, -0.2) is 46.3 Å². The van der Waals surface area contributed by atoms with Crippen molar-refractivity contribution in [2.75, 3.05) is 29.9 Å². The van der Waals surface area contributed by atoms with Crippen molar-refractivity contribution in [2.24, 2.45) is 0 Å². The van der Waals surface area contributed by atoms with Gasteiger partial charge in [-0.3, -0.25) is 0 Å². The van der Waals surface area contributed by atoms with Crippen molar-refractivity contribution >= 4 is 22.3 Å². The van der Waals surface area contributed by atoms with Crippen molar-refractivity contribution < 1.29 is 31.4 Å². The summed E-state index contributed by atoms with van der Waals surface area (Å²) in [6.45, 7) is -0.645. The maximum Gasteiger partial charge on any atom is 0.420 e. The van der Waals surface area contributed by atoms with Crippen LogP contribution in [0.2, 0.25) is 0 Å². The Hall–Kier alpha value is -3.73. The topological polar surface area (TPSA) is 53.3 Å². The molecule has 0 aliphatic heterocycles. The Morgan fingerprint density at radius 1 is 0.972 bits per heavy atom. The average molecular weight is 508 g/mol. The van der Waals surface area contributed by atoms with E-state index in [0.717, 1.165) is 23.1 Å². The molecule has 0 saturated heterocycles. The van der Waals surface area contributed by atoms with E-state index in [1.54, 1.807) is 12.1 Å². The van der Waals surface area contributed by atoms with Crippen LogP contribution in [0, 0.1) is 17.5 Å². The molecule has 0 fully saturated rings. The number of aromatic nitrogens is 2. The molecule has 3 aromatic carbocycles. The zero-order valence-corrected chi connectivity index (χ0v) is 19.0. The molecule has 0 bridgehead atoms. The molecule has 1 atom stereocenters. The van der Waals surface area contributed by atoms with Crippen LogP contribution in [0.4, 0.5) is 37.7 Å². The zero-order chi connectivity index (χ0) is 26.1. The molecule has 190 valence electrons. The molecule has 11 heteroatoms. The predicted octanol–water partition coefficient (Wildman–Crippen LogP) is 5.67. The maximum absolute atomic E-state index is 14.3. The van der Waals surface area contributed by atoms with E-state index in [0.29, 0.717) is 16.6 Å². The number of hydrogen-bond acceptors (Lipinski definition) is 4. The van der Waals surface area contributed by atoms with E-state index < -0.39 is 42.3 Å². The summed E-state index contributed by atoms with van der Waals surface area (Å²) in [5, 5.41) is 18.1. The van der Waals surface area contributed by atoms with Gasteiger partial charge in [0.15, 0.2) is 5.60 Å². The molecule has 0 saturated carbocycles. The first kappa shape index (κ1) is 25.4. The third kappa shape index (κ3) is 4.97. The normalized spacial score (nSPS) is 13.6. The molecule has 4 aromatic rings. The van der Waals surface area contributed by atoms with Crippen molar-refractivity contribution in [2.45, 2.75) is 18.7 Å². The number of alkyl halides is 3. The number of nitrogens with one attached hydrogen (secondary N) is 1. The minimum Gasteiger partial charge on any atom is -0.381 e. The second kappa shape index (κ2) is 9.73. The number of likely N-dealkylation sites (N-methyl/N-ethyl adjacent to an activating group) is 1. The van der Waals surface area contributed by atoms with Crippen LogP contribution in [-0.2, 0) is 0 Å². The van der Waals surface area contributed by atoms with Crippen molar-refractivity contribution in [3.05, 3.63) is 84.3 Å². The lowest BCUT2D eigenvalue weighted by molar-refractivity contribution is -0.250. The third-order valence-electron chi connectivity index (χ3n) is 5.87. The molecule has 2 N–H and O–H groups in total. The van der Waals surface area contributed by atoms with Gasteiger partial charge in [0, 0.05) is 23.7 Å². The summed E-state index contributed by atoms with van der Waals surface area (Å²) in [6.07, 6.45) is -3.66. The average Bonchev–Trinajstić information content (AvgIpc) is 3.27. The van der Waals surface area contributed by atoms with Crippen LogP contribution in [0.15, 0.2) is 66.9 Å². The van der Waals surface area contributed by atoms with Crippen LogP contribution in [0.1, 0.15) is 6.92 Å². The smallest absolute Gasteiger partial charge is 0.381 e. The van der Waals surface area contributed by atoms with Gasteiger partial charge in [-0.15, -0.1) is 0 Å². The van der Waals surface area contributed by atoms with E-state index in [-0.39, 0.29) is 17.9 Å². The molecule has 0 amide bonds. The second-order valence-corrected chi connectivity index (χ2v) is 8.26. The van der Waals surface area contributed by atoms with E-state index in [9.17, 15) is 31.4 Å². The van der Waals surface area contributed by atoms with E-state index in [4.69, 9.17) is 0 Å². The van der Waals surface area contributed by atoms with Gasteiger partial charge in [0.05, 0.1) is 36.2 Å². The summed E-state index contributed by atoms with van der Waals surface area (Å²) in [6, 6.07) is 12.8. The summed E-state index contributed by atoms with van der Waals surface area (Å²) in [7, 11) is 0. The molecule has 36 heavy (non-hydrogen) atoms. The number of halogens is 6. The Balaban J connectivity index is 1.62. The van der Waals surface area contributed by atoms with Crippen LogP contribution >= 0.6 is 0 Å². The summed E-state index contributed by atoms with van der Waals surface area (Å²) in [5.74, 6) is -2.15. The Kier molecular flexibility index (Phi) is 6.85. The summed E-state index contributed by atoms with van der Waals surface area (Å²) >= 11 is 0. The highest BCUT2D eigenvalue weighted by molar-refractivity contribution is 5.92. The Morgan fingerprint density at radius 3 is 2.33 bits per heavy atom. The van der Waals surface area contributed by atoms with Crippen molar-refractivity contribution in [1.82, 2.24) is 9.78 Å². The van der Waals surface area contributed by atoms with Crippen LogP contribution in [0.3, 0.4) is 0 Å². The van der Waals surface area contributed by atoms with Crippen molar-refractivity contribution in [1.29, 1.82) is 0 Å². The molecule has 4 rings (SSSR count). The molecule has 1 aromatic heterocycles. The lowest BCUT2D eigenvalue weighted by atomic mass is 10.0. The number of nitrogens with zero attached hydrogens (tertiary/aromatic N) is 3. The van der Waals surface area contributed by atoms with Gasteiger partial charge >= 0.3 is 6.18 Å². The third-order valence-corrected chi connectivity index (χ3v) is 5.87. The van der Waals surface area contributed by atoms with Crippen LogP contribution in [0.25, 0.3) is 16.6 Å². The molecular weight excluding hydrogens is 486 g/mol. The highest BCUT2D eigenvalue weighted by Gasteiger charge is 2.54. The van der Waals surface area contributed by atoms with Gasteiger partial charge in [0.25, 0.3) is 0 Å². The monoisotopic (exact) mass is 508 g/mol. The zero-order valence-electron chi connectivity index (χ0n) is 19.0. The summed E-state index contributed by atoms with van der Waals surface area (Å²) in [4.78, 5) is 0.931. The molecule has 0 radical (unpaired) electrons. The fraction of sp³-hybridized carbons (Fsp3) is 0.240. The first-order chi connectivity index (χ1) is 17.0. The van der Waals surface area contributed by atoms with Gasteiger partial charge in [-0.25, -0.2) is 17.9 Å². The van der Waals surface area contributed by atoms with E-state index >= 15 is 0 Å². The number of benzene rings is 3. The highest BCUT2D eigenvalue weighted by Crippen LogP contribution is 2.34. The lowest BCUT2D eigenvalue weighted by Crippen LogP contribution is -2.58. The van der Waals surface area contributed by atoms with Crippen LogP contribution in [0.5, 0.6) is 0 Å². The fourth-order valence-electron chi connectivity index (χ4n) is 3.89. The Morgan fingerprint density at radius 2 is 1.67 bits per heavy atom. The quantitative estimate of drug-likeness (QED) is 0.301. The number of rotatable bonds is 8. The minimum atomic E-state index is -5.09. The minimum absolute atomic E-state index is 0.112. The van der Waals surface area contributed by atoms with Gasteiger partial charge < -0.3 is 15.3 Å². The lowest BCUT2D eigenvalue weighted by Gasteiger charge is -2.36. The van der Waals surface area contributed by atoms with Gasteiger partial charge in [0.1, 0.15) is 17.5 Å². The maximum atomic E-state index is 14.3. The van der Waals surface area contributed by atoms with Gasteiger partial charge in [-0.05, 0) is 55.5 Å². The van der Waals surface area contributed by atoms with E-state index in [1.165, 1.54) is 48.1 Å². The number of aliphatic hydroxyl groups is 1. The molecule has 1 heterocycles. The molecule has 0 aliphatic rings. The molecule has 5 nitrogen and oxygen atoms in total. The standard InChI is InChI=1S/C25H22F6N4O/c1-2-34(23-12-17(27)8-11-20(23)28)15-24(36,25(29,30)31)14-32-21-4-3-5-22-19(21)13-33-35(22)18-9-6-16(26)7-10-18/h3-13,32,36H,2,14-15H2,1H3. The molecule has 1 unspecified atom stereocenters. The number of anilines is 2. The van der Waals surface area contributed by atoms with Gasteiger partial charge in [0.2, 0.25) is 0 Å². The number of hydrogen-bond donors (Lipinski definition) is 2. The first-order valence-electron chi connectivity index (χ1n) is 11.0. The van der Waals surface area contributed by atoms with Gasteiger partial charge in [-0.2, -0.15) is 18.3 Å². The van der Waals surface area contributed by atoms with Crippen LogP contribution < -0.4 is 10.2 Å².